The number of nitrogens with one attached hydrogen (secondary N) is 2. The first-order valence-corrected chi connectivity index (χ1v) is 9.85. The maximum Gasteiger partial charge on any atom is 0.387 e. The van der Waals surface area contributed by atoms with Crippen LogP contribution < -0.4 is 24.8 Å². The van der Waals surface area contributed by atoms with Gasteiger partial charge < -0.3 is 29.7 Å². The van der Waals surface area contributed by atoms with Crippen molar-refractivity contribution < 1.29 is 23.0 Å². The minimum absolute atomic E-state index is 0.0565. The lowest BCUT2D eigenvalue weighted by Crippen LogP contribution is -2.49. The van der Waals surface area contributed by atoms with Crippen LogP contribution in [0, 0.1) is 0 Å². The van der Waals surface area contributed by atoms with Gasteiger partial charge in [0.1, 0.15) is 5.75 Å². The quantitative estimate of drug-likeness (QED) is 0.492. The SMILES string of the molecule is CCN1CCN(CCNC(=NC)NCc2cc3c(cc2OC(F)F)OCO3)CC1. The Morgan fingerprint density at radius 1 is 1.14 bits per heavy atom. The lowest BCUT2D eigenvalue weighted by molar-refractivity contribution is -0.0505. The van der Waals surface area contributed by atoms with Gasteiger partial charge in [-0.1, -0.05) is 6.92 Å². The van der Waals surface area contributed by atoms with Crippen LogP contribution >= 0.6 is 0 Å². The number of hydrogen-bond acceptors (Lipinski definition) is 6. The van der Waals surface area contributed by atoms with E-state index in [0.717, 1.165) is 45.8 Å². The Morgan fingerprint density at radius 2 is 1.83 bits per heavy atom. The number of guanidine groups is 1. The number of aliphatic imine (C=N–C) groups is 1. The summed E-state index contributed by atoms with van der Waals surface area (Å²) in [6, 6.07) is 3.07. The lowest BCUT2D eigenvalue weighted by atomic mass is 10.1. The molecule has 1 fully saturated rings. The smallest absolute Gasteiger partial charge is 0.387 e. The first kappa shape index (κ1) is 21.4. The van der Waals surface area contributed by atoms with Crippen LogP contribution in [0.3, 0.4) is 0 Å². The predicted molar refractivity (Wildman–Crippen MR) is 106 cm³/mol. The Bertz CT molecular complexity index is 697. The summed E-state index contributed by atoms with van der Waals surface area (Å²) in [7, 11) is 1.67. The van der Waals surface area contributed by atoms with Crippen LogP contribution in [0.25, 0.3) is 0 Å². The first-order chi connectivity index (χ1) is 14.1. The molecular formula is C19H29F2N5O3. The van der Waals surface area contributed by atoms with E-state index in [0.29, 0.717) is 23.0 Å². The zero-order valence-electron chi connectivity index (χ0n) is 16.9. The molecule has 0 bridgehead atoms. The number of likely N-dealkylation sites (N-methyl/N-ethyl adjacent to an activating group) is 1. The highest BCUT2D eigenvalue weighted by molar-refractivity contribution is 5.79. The third-order valence-corrected chi connectivity index (χ3v) is 5.07. The Kier molecular flexibility index (Phi) is 7.70. The number of nitrogens with zero attached hydrogens (tertiary/aromatic N) is 3. The van der Waals surface area contributed by atoms with E-state index in [4.69, 9.17) is 9.47 Å². The molecule has 0 spiro atoms. The standard InChI is InChI=1S/C19H29F2N5O3/c1-3-25-6-8-26(9-7-25)5-4-23-19(22-2)24-12-14-10-16-17(28-13-27-16)11-15(14)29-18(20)21/h10-11,18H,3-9,12-13H2,1-2H3,(H2,22,23,24). The number of fused-ring (bicyclic) bond motifs is 1. The molecular weight excluding hydrogens is 384 g/mol. The summed E-state index contributed by atoms with van der Waals surface area (Å²) in [6.07, 6.45) is 0. The molecule has 3 rings (SSSR count). The van der Waals surface area contributed by atoms with Gasteiger partial charge in [0.05, 0.1) is 0 Å². The van der Waals surface area contributed by atoms with Crippen LogP contribution in [0.2, 0.25) is 0 Å². The van der Waals surface area contributed by atoms with Gasteiger partial charge >= 0.3 is 6.61 Å². The fraction of sp³-hybridized carbons (Fsp3) is 0.632. The molecule has 29 heavy (non-hydrogen) atoms. The minimum Gasteiger partial charge on any atom is -0.454 e. The molecule has 1 aromatic rings. The zero-order chi connectivity index (χ0) is 20.6. The number of benzene rings is 1. The van der Waals surface area contributed by atoms with Gasteiger partial charge in [-0.15, -0.1) is 0 Å². The molecule has 10 heteroatoms. The second-order valence-electron chi connectivity index (χ2n) is 6.82. The van der Waals surface area contributed by atoms with Crippen molar-refractivity contribution in [2.45, 2.75) is 20.1 Å². The molecule has 2 heterocycles. The number of halogens is 2. The minimum atomic E-state index is -2.92. The number of alkyl halides is 2. The van der Waals surface area contributed by atoms with Gasteiger partial charge in [0.2, 0.25) is 6.79 Å². The third kappa shape index (κ3) is 6.07. The van der Waals surface area contributed by atoms with Crippen LogP contribution in [-0.4, -0.2) is 82.0 Å². The fourth-order valence-corrected chi connectivity index (χ4v) is 3.37. The van der Waals surface area contributed by atoms with Gasteiger partial charge in [0.25, 0.3) is 0 Å². The first-order valence-electron chi connectivity index (χ1n) is 9.85. The molecule has 0 atom stereocenters. The van der Waals surface area contributed by atoms with E-state index >= 15 is 0 Å². The zero-order valence-corrected chi connectivity index (χ0v) is 16.9. The van der Waals surface area contributed by atoms with Crippen LogP contribution in [0.4, 0.5) is 8.78 Å². The van der Waals surface area contributed by atoms with Gasteiger partial charge in [0, 0.05) is 64.5 Å². The summed E-state index contributed by atoms with van der Waals surface area (Å²) < 4.78 is 40.7. The van der Waals surface area contributed by atoms with Crippen molar-refractivity contribution >= 4 is 5.96 Å². The third-order valence-electron chi connectivity index (χ3n) is 5.07. The Hall–Kier alpha value is -2.33. The van der Waals surface area contributed by atoms with E-state index in [-0.39, 0.29) is 19.1 Å². The molecule has 0 aliphatic carbocycles. The van der Waals surface area contributed by atoms with E-state index in [2.05, 4.69) is 37.1 Å². The normalized spacial score (nSPS) is 17.6. The van der Waals surface area contributed by atoms with E-state index in [1.54, 1.807) is 13.1 Å². The molecule has 1 aromatic carbocycles. The van der Waals surface area contributed by atoms with E-state index in [1.165, 1.54) is 6.07 Å². The molecule has 0 radical (unpaired) electrons. The molecule has 0 aromatic heterocycles. The number of ether oxygens (including phenoxy) is 3. The van der Waals surface area contributed by atoms with Crippen molar-refractivity contribution in [1.82, 2.24) is 20.4 Å². The molecule has 162 valence electrons. The summed E-state index contributed by atoms with van der Waals surface area (Å²) in [4.78, 5) is 9.05. The van der Waals surface area contributed by atoms with Crippen molar-refractivity contribution in [2.75, 3.05) is 59.7 Å². The molecule has 2 N–H and O–H groups in total. The van der Waals surface area contributed by atoms with Gasteiger partial charge in [-0.25, -0.2) is 0 Å². The molecule has 0 saturated carbocycles. The van der Waals surface area contributed by atoms with Gasteiger partial charge in [0.15, 0.2) is 17.5 Å². The fourth-order valence-electron chi connectivity index (χ4n) is 3.37. The second-order valence-corrected chi connectivity index (χ2v) is 6.82. The van der Waals surface area contributed by atoms with Crippen molar-refractivity contribution in [2.24, 2.45) is 4.99 Å². The largest absolute Gasteiger partial charge is 0.454 e. The second kappa shape index (κ2) is 10.4. The van der Waals surface area contributed by atoms with Crippen LogP contribution in [0.15, 0.2) is 17.1 Å². The highest BCUT2D eigenvalue weighted by atomic mass is 19.3. The predicted octanol–water partition coefficient (Wildman–Crippen LogP) is 1.32. The Labute approximate surface area is 169 Å². The summed E-state index contributed by atoms with van der Waals surface area (Å²) in [6.45, 7) is 6.67. The number of piperazine rings is 1. The summed E-state index contributed by atoms with van der Waals surface area (Å²) in [5, 5.41) is 6.40. The van der Waals surface area contributed by atoms with Crippen LogP contribution in [0.5, 0.6) is 17.2 Å². The molecule has 0 amide bonds. The molecule has 2 aliphatic rings. The Morgan fingerprint density at radius 3 is 2.48 bits per heavy atom. The van der Waals surface area contributed by atoms with E-state index in [1.807, 2.05) is 0 Å². The Balaban J connectivity index is 1.49. The maximum absolute atomic E-state index is 12.7. The monoisotopic (exact) mass is 413 g/mol. The number of hydrogen-bond donors (Lipinski definition) is 2. The van der Waals surface area contributed by atoms with Crippen LogP contribution in [0.1, 0.15) is 12.5 Å². The molecule has 0 unspecified atom stereocenters. The number of rotatable bonds is 8. The highest BCUT2D eigenvalue weighted by Gasteiger charge is 2.20. The van der Waals surface area contributed by atoms with Crippen molar-refractivity contribution in [3.63, 3.8) is 0 Å². The van der Waals surface area contributed by atoms with Crippen molar-refractivity contribution in [3.05, 3.63) is 17.7 Å². The lowest BCUT2D eigenvalue weighted by Gasteiger charge is -2.34. The average molecular weight is 413 g/mol. The van der Waals surface area contributed by atoms with E-state index < -0.39 is 6.61 Å². The van der Waals surface area contributed by atoms with Crippen molar-refractivity contribution in [3.8, 4) is 17.2 Å². The van der Waals surface area contributed by atoms with Gasteiger partial charge in [-0.2, -0.15) is 8.78 Å². The summed E-state index contributed by atoms with van der Waals surface area (Å²) in [5.41, 5.74) is 0.535. The van der Waals surface area contributed by atoms with Gasteiger partial charge in [-0.3, -0.25) is 9.89 Å². The highest BCUT2D eigenvalue weighted by Crippen LogP contribution is 2.38. The molecule has 2 aliphatic heterocycles. The molecule has 8 nitrogen and oxygen atoms in total. The molecule has 1 saturated heterocycles. The van der Waals surface area contributed by atoms with Crippen molar-refractivity contribution in [1.29, 1.82) is 0 Å². The average Bonchev–Trinajstić information content (AvgIpc) is 3.17. The summed E-state index contributed by atoms with van der Waals surface area (Å²) >= 11 is 0. The van der Waals surface area contributed by atoms with Crippen LogP contribution in [-0.2, 0) is 6.54 Å². The van der Waals surface area contributed by atoms with E-state index in [9.17, 15) is 8.78 Å². The maximum atomic E-state index is 12.7. The van der Waals surface area contributed by atoms with Gasteiger partial charge in [-0.05, 0) is 12.6 Å². The summed E-state index contributed by atoms with van der Waals surface area (Å²) in [5.74, 6) is 1.56. The topological polar surface area (TPSA) is 70.6 Å².